The van der Waals surface area contributed by atoms with Crippen molar-refractivity contribution in [3.05, 3.63) is 11.8 Å². The highest BCUT2D eigenvalue weighted by Crippen LogP contribution is 2.32. The quantitative estimate of drug-likeness (QED) is 0.647. The van der Waals surface area contributed by atoms with E-state index in [1.165, 1.54) is 6.92 Å². The Morgan fingerprint density at radius 3 is 2.30 bits per heavy atom. The second kappa shape index (κ2) is 9.60. The van der Waals surface area contributed by atoms with Gasteiger partial charge in [0, 0.05) is 12.8 Å². The van der Waals surface area contributed by atoms with Crippen molar-refractivity contribution in [3.8, 4) is 0 Å². The van der Waals surface area contributed by atoms with E-state index in [-0.39, 0.29) is 35.5 Å². The van der Waals surface area contributed by atoms with E-state index in [4.69, 9.17) is 0 Å². The number of carbonyl (C=O) groups excluding carboxylic acids is 3. The highest BCUT2D eigenvalue weighted by Gasteiger charge is 2.42. The van der Waals surface area contributed by atoms with E-state index < -0.39 is 29.4 Å². The Bertz CT molecular complexity index is 595. The molecule has 1 rings (SSSR count). The van der Waals surface area contributed by atoms with Crippen LogP contribution in [0.5, 0.6) is 0 Å². The smallest absolute Gasteiger partial charge is 0.227 e. The second-order valence-corrected chi connectivity index (χ2v) is 8.66. The largest absolute Gasteiger partial charge is 0.392 e. The van der Waals surface area contributed by atoms with Gasteiger partial charge in [0.25, 0.3) is 0 Å². The summed E-state index contributed by atoms with van der Waals surface area (Å²) in [6, 6.07) is 0. The number of carbonyl (C=O) groups is 3. The molecule has 1 amide bonds. The summed E-state index contributed by atoms with van der Waals surface area (Å²) in [5.41, 5.74) is -0.967. The normalized spacial score (nSPS) is 34.1. The summed E-state index contributed by atoms with van der Waals surface area (Å²) in [5, 5.41) is 23.7. The molecule has 0 aromatic carbocycles. The summed E-state index contributed by atoms with van der Waals surface area (Å²) in [6.45, 7) is 10.1. The number of ketones is 2. The minimum Gasteiger partial charge on any atom is -0.392 e. The van der Waals surface area contributed by atoms with Gasteiger partial charge in [0.05, 0.1) is 29.7 Å². The van der Waals surface area contributed by atoms with Crippen LogP contribution in [0.15, 0.2) is 11.8 Å². The molecular formula is C21H35NO5. The zero-order chi connectivity index (χ0) is 20.9. The van der Waals surface area contributed by atoms with Crippen molar-refractivity contribution in [1.29, 1.82) is 0 Å². The van der Waals surface area contributed by atoms with Crippen LogP contribution in [-0.2, 0) is 14.4 Å². The monoisotopic (exact) mass is 381 g/mol. The van der Waals surface area contributed by atoms with Crippen molar-refractivity contribution in [2.45, 2.75) is 79.4 Å². The van der Waals surface area contributed by atoms with Crippen molar-refractivity contribution in [3.63, 3.8) is 0 Å². The summed E-state index contributed by atoms with van der Waals surface area (Å²) in [5.74, 6) is -1.64. The number of amides is 1. The molecule has 5 unspecified atom stereocenters. The fourth-order valence-corrected chi connectivity index (χ4v) is 3.58. The van der Waals surface area contributed by atoms with Crippen LogP contribution in [-0.4, -0.2) is 39.9 Å². The van der Waals surface area contributed by atoms with Crippen LogP contribution >= 0.6 is 0 Å². The predicted octanol–water partition coefficient (Wildman–Crippen LogP) is 2.37. The van der Waals surface area contributed by atoms with Crippen LogP contribution in [0.4, 0.5) is 0 Å². The molecule has 0 spiro atoms. The zero-order valence-corrected chi connectivity index (χ0v) is 17.4. The maximum absolute atomic E-state index is 12.9. The average Bonchev–Trinajstić information content (AvgIpc) is 2.57. The highest BCUT2D eigenvalue weighted by molar-refractivity contribution is 5.97. The lowest BCUT2D eigenvalue weighted by Gasteiger charge is -2.34. The third kappa shape index (κ3) is 6.25. The summed E-state index contributed by atoms with van der Waals surface area (Å²) in [6.07, 6.45) is 1.82. The van der Waals surface area contributed by atoms with Crippen LogP contribution in [0.3, 0.4) is 0 Å². The van der Waals surface area contributed by atoms with Gasteiger partial charge in [-0.05, 0) is 24.7 Å². The first-order chi connectivity index (χ1) is 12.4. The van der Waals surface area contributed by atoms with E-state index in [1.54, 1.807) is 26.8 Å². The molecule has 1 aliphatic heterocycles. The molecule has 0 fully saturated rings. The van der Waals surface area contributed by atoms with Gasteiger partial charge in [0.1, 0.15) is 5.78 Å². The summed E-state index contributed by atoms with van der Waals surface area (Å²) in [4.78, 5) is 37.1. The molecule has 154 valence electrons. The third-order valence-electron chi connectivity index (χ3n) is 5.78. The molecule has 6 nitrogen and oxygen atoms in total. The Kier molecular flexibility index (Phi) is 8.36. The molecule has 3 N–H and O–H groups in total. The van der Waals surface area contributed by atoms with Gasteiger partial charge in [0.15, 0.2) is 5.78 Å². The van der Waals surface area contributed by atoms with E-state index in [0.29, 0.717) is 0 Å². The molecule has 1 heterocycles. The number of aliphatic hydroxyl groups is 2. The van der Waals surface area contributed by atoms with Gasteiger partial charge in [0.2, 0.25) is 5.91 Å². The molecule has 0 aromatic rings. The van der Waals surface area contributed by atoms with Crippen molar-refractivity contribution < 1.29 is 24.6 Å². The minimum absolute atomic E-state index is 0.0646. The standard InChI is InChI=1S/C21H35NO5/c1-12-8-7-9-13(2)19(26)14(3)20(27)21(5,6)17(24)11-18(25)22-16(10-12)15(4)23/h10,12-14,17,19,24,26H,7-9,11H2,1-6H3,(H,22,25). The lowest BCUT2D eigenvalue weighted by atomic mass is 9.73. The van der Waals surface area contributed by atoms with Crippen molar-refractivity contribution in [2.75, 3.05) is 0 Å². The molecule has 0 saturated carbocycles. The molecular weight excluding hydrogens is 346 g/mol. The number of aliphatic hydroxyl groups excluding tert-OH is 2. The van der Waals surface area contributed by atoms with Crippen molar-refractivity contribution >= 4 is 17.5 Å². The van der Waals surface area contributed by atoms with Gasteiger partial charge in [-0.25, -0.2) is 0 Å². The lowest BCUT2D eigenvalue weighted by molar-refractivity contribution is -0.143. The summed E-state index contributed by atoms with van der Waals surface area (Å²) in [7, 11) is 0. The Balaban J connectivity index is 3.18. The summed E-state index contributed by atoms with van der Waals surface area (Å²) < 4.78 is 0. The van der Waals surface area contributed by atoms with Gasteiger partial charge in [-0.3, -0.25) is 14.4 Å². The first-order valence-electron chi connectivity index (χ1n) is 9.81. The van der Waals surface area contributed by atoms with Crippen molar-refractivity contribution in [2.24, 2.45) is 23.2 Å². The van der Waals surface area contributed by atoms with Crippen LogP contribution in [0.25, 0.3) is 0 Å². The van der Waals surface area contributed by atoms with E-state index >= 15 is 0 Å². The van der Waals surface area contributed by atoms with E-state index in [0.717, 1.165) is 19.3 Å². The van der Waals surface area contributed by atoms with Crippen LogP contribution in [0.1, 0.15) is 67.2 Å². The molecule has 0 aromatic heterocycles. The number of allylic oxidation sites excluding steroid dienone is 2. The second-order valence-electron chi connectivity index (χ2n) is 8.66. The molecule has 0 aliphatic carbocycles. The van der Waals surface area contributed by atoms with Crippen molar-refractivity contribution in [1.82, 2.24) is 5.32 Å². The topological polar surface area (TPSA) is 104 Å². The SMILES string of the molecule is CC(=O)C1=CC(C)CCCC(C)C(O)C(C)C(=O)C(C)(C)C(O)CC(=O)N1. The van der Waals surface area contributed by atoms with Gasteiger partial charge in [-0.1, -0.05) is 47.1 Å². The van der Waals surface area contributed by atoms with Gasteiger partial charge in [-0.15, -0.1) is 0 Å². The maximum atomic E-state index is 12.9. The molecule has 5 atom stereocenters. The van der Waals surface area contributed by atoms with Gasteiger partial charge < -0.3 is 15.5 Å². The highest BCUT2D eigenvalue weighted by atomic mass is 16.3. The fourth-order valence-electron chi connectivity index (χ4n) is 3.58. The van der Waals surface area contributed by atoms with Crippen LogP contribution in [0.2, 0.25) is 0 Å². The minimum atomic E-state index is -1.22. The predicted molar refractivity (Wildman–Crippen MR) is 104 cm³/mol. The molecule has 0 saturated heterocycles. The van der Waals surface area contributed by atoms with E-state index in [9.17, 15) is 24.6 Å². The number of nitrogens with one attached hydrogen (secondary N) is 1. The van der Waals surface area contributed by atoms with Gasteiger partial charge >= 0.3 is 0 Å². The summed E-state index contributed by atoms with van der Waals surface area (Å²) >= 11 is 0. The third-order valence-corrected chi connectivity index (χ3v) is 5.78. The first-order valence-corrected chi connectivity index (χ1v) is 9.81. The molecule has 27 heavy (non-hydrogen) atoms. The zero-order valence-electron chi connectivity index (χ0n) is 17.4. The number of hydrogen-bond donors (Lipinski definition) is 3. The molecule has 6 heteroatoms. The molecule has 1 aliphatic rings. The maximum Gasteiger partial charge on any atom is 0.227 e. The molecule has 0 radical (unpaired) electrons. The van der Waals surface area contributed by atoms with E-state index in [1.807, 2.05) is 13.8 Å². The van der Waals surface area contributed by atoms with Crippen LogP contribution < -0.4 is 5.32 Å². The molecule has 0 bridgehead atoms. The fraction of sp³-hybridized carbons (Fsp3) is 0.762. The number of hydrogen-bond acceptors (Lipinski definition) is 5. The number of rotatable bonds is 1. The average molecular weight is 382 g/mol. The van der Waals surface area contributed by atoms with Crippen LogP contribution in [0, 0.1) is 23.2 Å². The Labute approximate surface area is 162 Å². The lowest BCUT2D eigenvalue weighted by Crippen LogP contribution is -2.46. The Hall–Kier alpha value is -1.53. The Morgan fingerprint density at radius 1 is 1.15 bits per heavy atom. The number of Topliss-reactive ketones (excluding diaryl/α,β-unsaturated/α-hetero) is 2. The Morgan fingerprint density at radius 2 is 1.74 bits per heavy atom. The van der Waals surface area contributed by atoms with E-state index in [2.05, 4.69) is 5.32 Å². The first kappa shape index (κ1) is 23.5. The van der Waals surface area contributed by atoms with Gasteiger partial charge in [-0.2, -0.15) is 0 Å².